The predicted octanol–water partition coefficient (Wildman–Crippen LogP) is 3.08. The zero-order valence-corrected chi connectivity index (χ0v) is 13.2. The van der Waals surface area contributed by atoms with Crippen molar-refractivity contribution in [3.63, 3.8) is 0 Å². The molecule has 0 radical (unpaired) electrons. The molecule has 2 fully saturated rings. The van der Waals surface area contributed by atoms with Crippen LogP contribution in [0.2, 0.25) is 5.02 Å². The van der Waals surface area contributed by atoms with Gasteiger partial charge in [0, 0.05) is 11.4 Å². The van der Waals surface area contributed by atoms with Crippen LogP contribution in [-0.2, 0) is 9.59 Å². The Balaban J connectivity index is 1.73. The van der Waals surface area contributed by atoms with Gasteiger partial charge in [0.05, 0.1) is 18.1 Å². The molecule has 1 saturated heterocycles. The predicted molar refractivity (Wildman–Crippen MR) is 83.3 cm³/mol. The van der Waals surface area contributed by atoms with Crippen LogP contribution in [0.4, 0.5) is 0 Å². The second-order valence-corrected chi connectivity index (χ2v) is 6.83. The van der Waals surface area contributed by atoms with Crippen molar-refractivity contribution in [3.8, 4) is 0 Å². The minimum Gasteiger partial charge on any atom is -0.387 e. The van der Waals surface area contributed by atoms with Crippen LogP contribution in [0, 0.1) is 5.41 Å². The summed E-state index contributed by atoms with van der Waals surface area (Å²) in [5.41, 5.74) is 0.171. The number of halogens is 1. The first-order chi connectivity index (χ1) is 10.5. The van der Waals surface area contributed by atoms with E-state index in [4.69, 9.17) is 11.6 Å². The molecule has 2 aliphatic rings. The van der Waals surface area contributed by atoms with Crippen molar-refractivity contribution in [3.05, 3.63) is 34.9 Å². The Morgan fingerprint density at radius 1 is 1.14 bits per heavy atom. The molecule has 22 heavy (non-hydrogen) atoms. The zero-order chi connectivity index (χ0) is 15.7. The first-order valence-electron chi connectivity index (χ1n) is 7.80. The topological polar surface area (TPSA) is 57.6 Å². The van der Waals surface area contributed by atoms with Gasteiger partial charge in [-0.05, 0) is 30.5 Å². The fourth-order valence-electron chi connectivity index (χ4n) is 3.63. The van der Waals surface area contributed by atoms with Crippen LogP contribution < -0.4 is 0 Å². The molecule has 1 aromatic carbocycles. The summed E-state index contributed by atoms with van der Waals surface area (Å²) in [4.78, 5) is 26.2. The van der Waals surface area contributed by atoms with Crippen molar-refractivity contribution in [2.45, 2.75) is 44.6 Å². The molecule has 118 valence electrons. The van der Waals surface area contributed by atoms with Gasteiger partial charge < -0.3 is 5.11 Å². The van der Waals surface area contributed by atoms with Crippen molar-refractivity contribution in [2.24, 2.45) is 5.41 Å². The van der Waals surface area contributed by atoms with Gasteiger partial charge in [0.15, 0.2) is 0 Å². The van der Waals surface area contributed by atoms with Crippen LogP contribution in [0.15, 0.2) is 24.3 Å². The maximum Gasteiger partial charge on any atom is 0.236 e. The molecular weight excluding hydrogens is 302 g/mol. The highest BCUT2D eigenvalue weighted by Gasteiger charge is 2.51. The Bertz CT molecular complexity index is 578. The van der Waals surface area contributed by atoms with Gasteiger partial charge >= 0.3 is 0 Å². The number of hydrogen-bond donors (Lipinski definition) is 1. The molecule has 4 nitrogen and oxygen atoms in total. The lowest BCUT2D eigenvalue weighted by molar-refractivity contribution is -0.143. The average molecular weight is 322 g/mol. The van der Waals surface area contributed by atoms with Gasteiger partial charge in [-0.1, -0.05) is 43.0 Å². The SMILES string of the molecule is O=C1CC2(CCCCC2)C(=O)N1C[C@H](O)c1ccc(Cl)cc1. The molecule has 1 saturated carbocycles. The van der Waals surface area contributed by atoms with E-state index < -0.39 is 11.5 Å². The van der Waals surface area contributed by atoms with Gasteiger partial charge in [-0.15, -0.1) is 0 Å². The van der Waals surface area contributed by atoms with Crippen LogP contribution >= 0.6 is 11.6 Å². The number of aliphatic hydroxyl groups is 1. The number of β-amino-alcohol motifs (C(OH)–C–C–N with tert-alkyl or cyclic N) is 1. The monoisotopic (exact) mass is 321 g/mol. The lowest BCUT2D eigenvalue weighted by Crippen LogP contribution is -2.39. The van der Waals surface area contributed by atoms with Crippen LogP contribution in [0.5, 0.6) is 0 Å². The molecule has 1 aliphatic carbocycles. The minimum absolute atomic E-state index is 0.0288. The number of nitrogens with zero attached hydrogens (tertiary/aromatic N) is 1. The number of carbonyl (C=O) groups excluding carboxylic acids is 2. The molecule has 1 aliphatic heterocycles. The number of amides is 2. The lowest BCUT2D eigenvalue weighted by atomic mass is 9.73. The fourth-order valence-corrected chi connectivity index (χ4v) is 3.75. The van der Waals surface area contributed by atoms with Gasteiger partial charge in [0.25, 0.3) is 0 Å². The summed E-state index contributed by atoms with van der Waals surface area (Å²) in [6.07, 6.45) is 4.18. The molecular formula is C17H20ClNO3. The number of carbonyl (C=O) groups is 2. The van der Waals surface area contributed by atoms with E-state index in [0.29, 0.717) is 17.0 Å². The van der Waals surface area contributed by atoms with E-state index in [-0.39, 0.29) is 18.4 Å². The average Bonchev–Trinajstić information content (AvgIpc) is 2.73. The highest BCUT2D eigenvalue weighted by molar-refractivity contribution is 6.30. The normalized spacial score (nSPS) is 22.4. The standard InChI is InChI=1S/C17H20ClNO3/c18-13-6-4-12(5-7-13)14(20)11-19-15(21)10-17(16(19)22)8-2-1-3-9-17/h4-7,14,20H,1-3,8-11H2/t14-/m0/s1. The van der Waals surface area contributed by atoms with Gasteiger partial charge in [-0.2, -0.15) is 0 Å². The van der Waals surface area contributed by atoms with Crippen molar-refractivity contribution in [2.75, 3.05) is 6.54 Å². The Morgan fingerprint density at radius 2 is 1.77 bits per heavy atom. The highest BCUT2D eigenvalue weighted by Crippen LogP contribution is 2.45. The van der Waals surface area contributed by atoms with Gasteiger partial charge in [-0.3, -0.25) is 14.5 Å². The molecule has 1 N–H and O–H groups in total. The minimum atomic E-state index is -0.871. The molecule has 0 aromatic heterocycles. The Hall–Kier alpha value is -1.39. The number of likely N-dealkylation sites (tertiary alicyclic amines) is 1. The van der Waals surface area contributed by atoms with Crippen LogP contribution in [0.1, 0.15) is 50.2 Å². The summed E-state index contributed by atoms with van der Waals surface area (Å²) in [5.74, 6) is -0.245. The summed E-state index contributed by atoms with van der Waals surface area (Å²) in [7, 11) is 0. The van der Waals surface area contributed by atoms with E-state index in [9.17, 15) is 14.7 Å². The van der Waals surface area contributed by atoms with Crippen molar-refractivity contribution in [1.29, 1.82) is 0 Å². The van der Waals surface area contributed by atoms with E-state index in [1.165, 1.54) is 4.90 Å². The third-order valence-corrected chi connectivity index (χ3v) is 5.16. The number of benzene rings is 1. The third-order valence-electron chi connectivity index (χ3n) is 4.91. The Morgan fingerprint density at radius 3 is 2.41 bits per heavy atom. The van der Waals surface area contributed by atoms with Crippen molar-refractivity contribution in [1.82, 2.24) is 4.90 Å². The summed E-state index contributed by atoms with van der Waals surface area (Å²) in [6, 6.07) is 6.82. The molecule has 1 aromatic rings. The smallest absolute Gasteiger partial charge is 0.236 e. The van der Waals surface area contributed by atoms with Gasteiger partial charge in [0.2, 0.25) is 11.8 Å². The molecule has 5 heteroatoms. The Labute approximate surface area is 135 Å². The fraction of sp³-hybridized carbons (Fsp3) is 0.529. The van der Waals surface area contributed by atoms with Crippen LogP contribution in [-0.4, -0.2) is 28.4 Å². The molecule has 0 unspecified atom stereocenters. The summed E-state index contributed by atoms with van der Waals surface area (Å²) < 4.78 is 0. The second kappa shape index (κ2) is 6.01. The van der Waals surface area contributed by atoms with Crippen molar-refractivity contribution < 1.29 is 14.7 Å². The molecule has 1 atom stereocenters. The lowest BCUT2D eigenvalue weighted by Gasteiger charge is -2.30. The molecule has 0 bridgehead atoms. The summed E-state index contributed by atoms with van der Waals surface area (Å²) >= 11 is 5.83. The molecule has 1 spiro atoms. The summed E-state index contributed by atoms with van der Waals surface area (Å²) in [5, 5.41) is 10.9. The van der Waals surface area contributed by atoms with Crippen LogP contribution in [0.25, 0.3) is 0 Å². The third kappa shape index (κ3) is 2.77. The number of imide groups is 1. The first kappa shape index (κ1) is 15.5. The zero-order valence-electron chi connectivity index (χ0n) is 12.4. The second-order valence-electron chi connectivity index (χ2n) is 6.39. The molecule has 1 heterocycles. The van der Waals surface area contributed by atoms with E-state index in [1.54, 1.807) is 24.3 Å². The maximum atomic E-state index is 12.7. The molecule has 2 amide bonds. The van der Waals surface area contributed by atoms with E-state index in [1.807, 2.05) is 0 Å². The number of rotatable bonds is 3. The summed E-state index contributed by atoms with van der Waals surface area (Å²) in [6.45, 7) is 0.0288. The largest absolute Gasteiger partial charge is 0.387 e. The first-order valence-corrected chi connectivity index (χ1v) is 8.18. The quantitative estimate of drug-likeness (QED) is 0.870. The van der Waals surface area contributed by atoms with Gasteiger partial charge in [0.1, 0.15) is 0 Å². The molecule has 3 rings (SSSR count). The van der Waals surface area contributed by atoms with Gasteiger partial charge in [-0.25, -0.2) is 0 Å². The van der Waals surface area contributed by atoms with Crippen molar-refractivity contribution >= 4 is 23.4 Å². The van der Waals surface area contributed by atoms with E-state index in [2.05, 4.69) is 0 Å². The highest BCUT2D eigenvalue weighted by atomic mass is 35.5. The Kier molecular flexibility index (Phi) is 4.24. The number of aliphatic hydroxyl groups excluding tert-OH is 1. The number of hydrogen-bond acceptors (Lipinski definition) is 3. The maximum absolute atomic E-state index is 12.7. The van der Waals surface area contributed by atoms with E-state index >= 15 is 0 Å². The van der Waals surface area contributed by atoms with E-state index in [0.717, 1.165) is 32.1 Å². The van der Waals surface area contributed by atoms with Crippen LogP contribution in [0.3, 0.4) is 0 Å².